The summed E-state index contributed by atoms with van der Waals surface area (Å²) in [5.41, 5.74) is 3.29. The van der Waals surface area contributed by atoms with E-state index in [-0.39, 0.29) is 14.7 Å². The van der Waals surface area contributed by atoms with E-state index in [0.29, 0.717) is 5.84 Å². The van der Waals surface area contributed by atoms with Crippen molar-refractivity contribution in [3.63, 3.8) is 0 Å². The van der Waals surface area contributed by atoms with Gasteiger partial charge in [-0.05, 0) is 0 Å². The molecule has 2 aromatic heterocycles. The van der Waals surface area contributed by atoms with Crippen LogP contribution >= 0.6 is 0 Å². The molecule has 0 N–H and O–H groups in total. The molecule has 0 atom stereocenters. The summed E-state index contributed by atoms with van der Waals surface area (Å²) in [7, 11) is 0. The van der Waals surface area contributed by atoms with Crippen LogP contribution in [0.3, 0.4) is 0 Å². The van der Waals surface area contributed by atoms with Crippen LogP contribution in [0, 0.1) is 0 Å². The first-order valence-electron chi connectivity index (χ1n) is 7.32. The van der Waals surface area contributed by atoms with E-state index in [1.54, 1.807) is 0 Å². The standard InChI is InChI=1S/C17H15N3OSe/c1-2-7-13(8-3-1)9-6-12-18-17-20-14-10-4-5-11-15(14)21-16(20)19-22-17/h1-5,7-8,10-11H,6,9,12H2. The maximum absolute atomic E-state index is 5.75. The number of oxazole rings is 1. The van der Waals surface area contributed by atoms with Gasteiger partial charge in [0.15, 0.2) is 0 Å². The first-order valence-corrected chi connectivity index (χ1v) is 8.94. The van der Waals surface area contributed by atoms with E-state index in [2.05, 4.69) is 44.8 Å². The number of fused-ring (bicyclic) bond motifs is 3. The Balaban J connectivity index is 1.58. The summed E-state index contributed by atoms with van der Waals surface area (Å²) in [6.45, 7) is 0.827. The second-order valence-electron chi connectivity index (χ2n) is 5.12. The summed E-state index contributed by atoms with van der Waals surface area (Å²) in [5.74, 6) is 0.683. The van der Waals surface area contributed by atoms with Gasteiger partial charge in [-0.15, -0.1) is 0 Å². The zero-order valence-corrected chi connectivity index (χ0v) is 13.7. The summed E-state index contributed by atoms with van der Waals surface area (Å²) >= 11 is 0.0234. The van der Waals surface area contributed by atoms with E-state index >= 15 is 0 Å². The molecule has 0 unspecified atom stereocenters. The van der Waals surface area contributed by atoms with E-state index in [1.807, 2.05) is 18.2 Å². The van der Waals surface area contributed by atoms with Crippen LogP contribution in [0.1, 0.15) is 12.0 Å². The zero-order chi connectivity index (χ0) is 14.8. The molecule has 0 amide bonds. The summed E-state index contributed by atoms with van der Waals surface area (Å²) in [4.78, 5) is 4.76. The minimum absolute atomic E-state index is 0.0234. The Labute approximate surface area is 133 Å². The van der Waals surface area contributed by atoms with Gasteiger partial charge in [0.05, 0.1) is 0 Å². The van der Waals surface area contributed by atoms with Gasteiger partial charge in [-0.25, -0.2) is 0 Å². The molecular weight excluding hydrogens is 341 g/mol. The quantitative estimate of drug-likeness (QED) is 0.417. The van der Waals surface area contributed by atoms with Gasteiger partial charge in [0, 0.05) is 0 Å². The number of hydrogen-bond donors (Lipinski definition) is 0. The van der Waals surface area contributed by atoms with Gasteiger partial charge in [-0.3, -0.25) is 0 Å². The van der Waals surface area contributed by atoms with E-state index in [9.17, 15) is 0 Å². The molecule has 4 rings (SSSR count). The van der Waals surface area contributed by atoms with Gasteiger partial charge < -0.3 is 0 Å². The van der Waals surface area contributed by atoms with Crippen LogP contribution in [0.2, 0.25) is 0 Å². The topological polar surface area (TPSA) is 42.8 Å². The van der Waals surface area contributed by atoms with Crippen LogP contribution in [-0.2, 0) is 6.42 Å². The first kappa shape index (κ1) is 13.6. The Morgan fingerprint density at radius 2 is 1.86 bits per heavy atom. The number of para-hydroxylation sites is 2. The average Bonchev–Trinajstić information content (AvgIpc) is 3.12. The predicted octanol–water partition coefficient (Wildman–Crippen LogP) is 2.67. The molecular formula is C17H15N3OSe. The number of nitrogens with zero attached hydrogens (tertiary/aromatic N) is 3. The molecule has 0 bridgehead atoms. The second kappa shape index (κ2) is 5.95. The van der Waals surface area contributed by atoms with Gasteiger partial charge in [0.1, 0.15) is 0 Å². The molecule has 0 aliphatic heterocycles. The third kappa shape index (κ3) is 2.54. The molecule has 0 aliphatic rings. The molecule has 110 valence electrons. The van der Waals surface area contributed by atoms with Crippen LogP contribution in [-0.4, -0.2) is 29.7 Å². The molecule has 0 saturated heterocycles. The van der Waals surface area contributed by atoms with E-state index in [0.717, 1.165) is 34.8 Å². The van der Waals surface area contributed by atoms with Crippen LogP contribution in [0.5, 0.6) is 0 Å². The van der Waals surface area contributed by atoms with Gasteiger partial charge >= 0.3 is 133 Å². The molecule has 2 heterocycles. The average molecular weight is 356 g/mol. The third-order valence-electron chi connectivity index (χ3n) is 3.61. The Morgan fingerprint density at radius 1 is 1.05 bits per heavy atom. The molecule has 0 aliphatic carbocycles. The SMILES string of the molecule is c1ccc(CCCN=c2[se]nc3oc4ccccc4n23)cc1. The fourth-order valence-electron chi connectivity index (χ4n) is 2.54. The Morgan fingerprint density at radius 3 is 2.77 bits per heavy atom. The van der Waals surface area contributed by atoms with E-state index in [1.165, 1.54) is 5.56 Å². The van der Waals surface area contributed by atoms with Crippen molar-refractivity contribution in [2.75, 3.05) is 6.54 Å². The second-order valence-corrected chi connectivity index (χ2v) is 6.66. The van der Waals surface area contributed by atoms with E-state index < -0.39 is 0 Å². The van der Waals surface area contributed by atoms with Crippen molar-refractivity contribution in [3.05, 3.63) is 64.5 Å². The number of aryl methyl sites for hydroxylation is 1. The van der Waals surface area contributed by atoms with Crippen LogP contribution in [0.25, 0.3) is 16.9 Å². The molecule has 5 heteroatoms. The number of rotatable bonds is 4. The van der Waals surface area contributed by atoms with Crippen LogP contribution < -0.4 is 4.36 Å². The molecule has 22 heavy (non-hydrogen) atoms. The van der Waals surface area contributed by atoms with Gasteiger partial charge in [-0.2, -0.15) is 0 Å². The van der Waals surface area contributed by atoms with Crippen molar-refractivity contribution in [2.45, 2.75) is 12.8 Å². The van der Waals surface area contributed by atoms with Crippen molar-refractivity contribution in [1.29, 1.82) is 0 Å². The van der Waals surface area contributed by atoms with Gasteiger partial charge in [-0.1, -0.05) is 0 Å². The van der Waals surface area contributed by atoms with Gasteiger partial charge in [0.2, 0.25) is 0 Å². The Bertz CT molecular complexity index is 966. The van der Waals surface area contributed by atoms with Crippen molar-refractivity contribution < 1.29 is 4.42 Å². The van der Waals surface area contributed by atoms with Crippen molar-refractivity contribution in [1.82, 2.24) is 8.38 Å². The minimum atomic E-state index is 0.0234. The fourth-order valence-corrected chi connectivity index (χ4v) is 3.98. The summed E-state index contributed by atoms with van der Waals surface area (Å²) in [6.07, 6.45) is 2.11. The number of aromatic nitrogens is 2. The number of hydrogen-bond acceptors (Lipinski definition) is 3. The molecule has 0 spiro atoms. The summed E-state index contributed by atoms with van der Waals surface area (Å²) < 4.78 is 13.3. The monoisotopic (exact) mass is 357 g/mol. The maximum atomic E-state index is 5.75. The molecule has 4 aromatic rings. The predicted molar refractivity (Wildman–Crippen MR) is 87.1 cm³/mol. The van der Waals surface area contributed by atoms with Crippen molar-refractivity contribution in [3.8, 4) is 0 Å². The van der Waals surface area contributed by atoms with Crippen LogP contribution in [0.15, 0.2) is 64.0 Å². The van der Waals surface area contributed by atoms with Crippen molar-refractivity contribution in [2.24, 2.45) is 4.99 Å². The Kier molecular flexibility index (Phi) is 3.67. The first-order chi connectivity index (χ1) is 10.9. The van der Waals surface area contributed by atoms with Crippen LogP contribution in [0.4, 0.5) is 0 Å². The molecule has 0 fully saturated rings. The van der Waals surface area contributed by atoms with Crippen molar-refractivity contribution >= 4 is 31.7 Å². The zero-order valence-electron chi connectivity index (χ0n) is 12.0. The third-order valence-corrected chi connectivity index (χ3v) is 5.12. The number of benzene rings is 2. The van der Waals surface area contributed by atoms with Gasteiger partial charge in [0.25, 0.3) is 0 Å². The summed E-state index contributed by atoms with van der Waals surface area (Å²) in [5, 5.41) is 0. The molecule has 2 aromatic carbocycles. The normalized spacial score (nSPS) is 12.5. The molecule has 4 nitrogen and oxygen atoms in total. The molecule has 0 radical (unpaired) electrons. The summed E-state index contributed by atoms with van der Waals surface area (Å²) in [6, 6.07) is 18.6. The fraction of sp³-hybridized carbons (Fsp3) is 0.176. The molecule has 0 saturated carbocycles. The Hall–Kier alpha value is -2.10. The van der Waals surface area contributed by atoms with E-state index in [4.69, 9.17) is 9.41 Å².